The number of nitrogens with one attached hydrogen (secondary N) is 1. The second-order valence-corrected chi connectivity index (χ2v) is 5.81. The first kappa shape index (κ1) is 15.8. The van der Waals surface area contributed by atoms with Crippen LogP contribution in [0.2, 0.25) is 0 Å². The highest BCUT2D eigenvalue weighted by atomic mass is 32.1. The molecule has 0 saturated heterocycles. The molecule has 0 aliphatic carbocycles. The number of nitrogens with two attached hydrogens (primary N) is 1. The molecule has 0 fully saturated rings. The Labute approximate surface area is 141 Å². The lowest BCUT2D eigenvalue weighted by Crippen LogP contribution is -2.21. The van der Waals surface area contributed by atoms with E-state index in [4.69, 9.17) is 5.73 Å². The van der Waals surface area contributed by atoms with Gasteiger partial charge in [0.1, 0.15) is 10.5 Å². The third-order valence-corrected chi connectivity index (χ3v) is 4.23. The number of fused-ring (bicyclic) bond motifs is 1. The molecule has 3 heterocycles. The highest BCUT2D eigenvalue weighted by Crippen LogP contribution is 2.28. The topological polar surface area (TPSA) is 126 Å². The molecule has 0 bridgehead atoms. The Bertz CT molecular complexity index is 922. The van der Waals surface area contributed by atoms with E-state index in [-0.39, 0.29) is 17.6 Å². The molecule has 1 amide bonds. The zero-order chi connectivity index (χ0) is 17.1. The van der Waals surface area contributed by atoms with Crippen LogP contribution in [0.3, 0.4) is 0 Å². The third kappa shape index (κ3) is 2.88. The highest BCUT2D eigenvalue weighted by Gasteiger charge is 2.20. The fourth-order valence-electron chi connectivity index (χ4n) is 2.20. The summed E-state index contributed by atoms with van der Waals surface area (Å²) >= 11 is 1.20. The van der Waals surface area contributed by atoms with Crippen molar-refractivity contribution in [3.8, 4) is 0 Å². The van der Waals surface area contributed by atoms with Crippen LogP contribution < -0.4 is 11.1 Å². The van der Waals surface area contributed by atoms with Crippen molar-refractivity contribution in [2.45, 2.75) is 6.92 Å². The summed E-state index contributed by atoms with van der Waals surface area (Å²) in [5.41, 5.74) is 6.69. The lowest BCUT2D eigenvalue weighted by atomic mass is 10.1. The van der Waals surface area contributed by atoms with Crippen molar-refractivity contribution in [2.75, 3.05) is 12.3 Å². The van der Waals surface area contributed by atoms with Crippen LogP contribution >= 0.6 is 11.3 Å². The second-order valence-electron chi connectivity index (χ2n) is 4.78. The fraction of sp³-hybridized carbons (Fsp3) is 0.133. The Balaban J connectivity index is 2.18. The number of nitrogen functional groups attached to an aromatic ring is 1. The molecule has 9 heteroatoms. The molecule has 0 aliphatic heterocycles. The van der Waals surface area contributed by atoms with E-state index in [0.717, 1.165) is 0 Å². The Morgan fingerprint density at radius 3 is 2.92 bits per heavy atom. The number of thiophene rings is 1. The van der Waals surface area contributed by atoms with Gasteiger partial charge in [0.2, 0.25) is 5.95 Å². The standard InChI is InChI=1S/C15H14N6O2S/c1-2-17-13(22)10-7-8-11(19-15(16)20-14(8)24-10)12(21-23)9-5-3-4-6-18-9/h3-7,23H,2H2,1H3,(H,17,22)(H2,16,19,20). The highest BCUT2D eigenvalue weighted by molar-refractivity contribution is 7.20. The number of hydrogen-bond donors (Lipinski definition) is 3. The van der Waals surface area contributed by atoms with E-state index >= 15 is 0 Å². The normalized spacial score (nSPS) is 11.6. The van der Waals surface area contributed by atoms with Crippen molar-refractivity contribution in [2.24, 2.45) is 5.16 Å². The molecule has 8 nitrogen and oxygen atoms in total. The summed E-state index contributed by atoms with van der Waals surface area (Å²) < 4.78 is 0. The number of nitrogens with zero attached hydrogens (tertiary/aromatic N) is 4. The predicted octanol–water partition coefficient (Wildman–Crippen LogP) is 1.64. The van der Waals surface area contributed by atoms with Gasteiger partial charge < -0.3 is 16.3 Å². The van der Waals surface area contributed by atoms with Crippen LogP contribution in [-0.2, 0) is 0 Å². The molecule has 4 N–H and O–H groups in total. The average Bonchev–Trinajstić information content (AvgIpc) is 3.01. The van der Waals surface area contributed by atoms with Gasteiger partial charge in [0, 0.05) is 18.1 Å². The molecule has 3 aromatic heterocycles. The largest absolute Gasteiger partial charge is 0.410 e. The molecule has 0 radical (unpaired) electrons. The summed E-state index contributed by atoms with van der Waals surface area (Å²) in [6.07, 6.45) is 1.58. The van der Waals surface area contributed by atoms with E-state index < -0.39 is 0 Å². The summed E-state index contributed by atoms with van der Waals surface area (Å²) in [4.78, 5) is 25.6. The zero-order valence-corrected chi connectivity index (χ0v) is 13.5. The number of hydrogen-bond acceptors (Lipinski definition) is 8. The summed E-state index contributed by atoms with van der Waals surface area (Å²) in [5, 5.41) is 16.1. The minimum Gasteiger partial charge on any atom is -0.410 e. The fourth-order valence-corrected chi connectivity index (χ4v) is 3.16. The van der Waals surface area contributed by atoms with Gasteiger partial charge in [-0.25, -0.2) is 9.97 Å². The molecule has 0 spiro atoms. The quantitative estimate of drug-likeness (QED) is 0.376. The number of carbonyl (C=O) groups is 1. The van der Waals surface area contributed by atoms with Crippen molar-refractivity contribution < 1.29 is 10.0 Å². The van der Waals surface area contributed by atoms with Crippen molar-refractivity contribution in [1.82, 2.24) is 20.3 Å². The number of oxime groups is 1. The van der Waals surface area contributed by atoms with E-state index in [1.54, 1.807) is 30.5 Å². The van der Waals surface area contributed by atoms with Gasteiger partial charge >= 0.3 is 0 Å². The van der Waals surface area contributed by atoms with Crippen LogP contribution in [0.1, 0.15) is 28.0 Å². The first-order chi connectivity index (χ1) is 11.6. The first-order valence-corrected chi connectivity index (χ1v) is 7.94. The van der Waals surface area contributed by atoms with Crippen molar-refractivity contribution in [3.05, 3.63) is 46.7 Å². The molecule has 0 saturated carbocycles. The third-order valence-electron chi connectivity index (χ3n) is 3.20. The van der Waals surface area contributed by atoms with Crippen LogP contribution in [0.15, 0.2) is 35.6 Å². The Hall–Kier alpha value is -3.07. The molecule has 122 valence electrons. The van der Waals surface area contributed by atoms with Gasteiger partial charge in [-0.05, 0) is 25.1 Å². The number of pyridine rings is 1. The molecular formula is C15H14N6O2S. The Kier molecular flexibility index (Phi) is 4.34. The molecule has 24 heavy (non-hydrogen) atoms. The molecule has 3 aromatic rings. The van der Waals surface area contributed by atoms with E-state index in [9.17, 15) is 10.0 Å². The molecular weight excluding hydrogens is 328 g/mol. The van der Waals surface area contributed by atoms with Gasteiger partial charge in [-0.2, -0.15) is 0 Å². The summed E-state index contributed by atoms with van der Waals surface area (Å²) in [5.74, 6) is -0.177. The molecule has 0 aliphatic rings. The number of carbonyl (C=O) groups excluding carboxylic acids is 1. The minimum absolute atomic E-state index is 0.0267. The van der Waals surface area contributed by atoms with Crippen molar-refractivity contribution >= 4 is 39.1 Å². The van der Waals surface area contributed by atoms with E-state index in [1.807, 2.05) is 6.92 Å². The SMILES string of the molecule is CCNC(=O)c1cc2c(C(=NO)c3ccccn3)nc(N)nc2s1. The lowest BCUT2D eigenvalue weighted by molar-refractivity contribution is 0.0960. The Morgan fingerprint density at radius 2 is 2.25 bits per heavy atom. The molecule has 0 aromatic carbocycles. The van der Waals surface area contributed by atoms with Crippen molar-refractivity contribution in [1.29, 1.82) is 0 Å². The van der Waals surface area contributed by atoms with Gasteiger partial charge in [-0.15, -0.1) is 11.3 Å². The maximum atomic E-state index is 12.0. The lowest BCUT2D eigenvalue weighted by Gasteiger charge is -2.05. The summed E-state index contributed by atoms with van der Waals surface area (Å²) in [6.45, 7) is 2.36. The van der Waals surface area contributed by atoms with Gasteiger partial charge in [0.05, 0.1) is 10.6 Å². The summed E-state index contributed by atoms with van der Waals surface area (Å²) in [6, 6.07) is 6.87. The zero-order valence-electron chi connectivity index (χ0n) is 12.7. The average molecular weight is 342 g/mol. The van der Waals surface area contributed by atoms with Crippen LogP contribution in [-0.4, -0.2) is 38.3 Å². The van der Waals surface area contributed by atoms with Gasteiger partial charge in [0.15, 0.2) is 5.71 Å². The number of anilines is 1. The van der Waals surface area contributed by atoms with Crippen LogP contribution in [0.25, 0.3) is 10.2 Å². The smallest absolute Gasteiger partial charge is 0.261 e. The first-order valence-electron chi connectivity index (χ1n) is 7.13. The Morgan fingerprint density at radius 1 is 1.42 bits per heavy atom. The number of amides is 1. The van der Waals surface area contributed by atoms with E-state index in [2.05, 4.69) is 25.4 Å². The summed E-state index contributed by atoms with van der Waals surface area (Å²) in [7, 11) is 0. The monoisotopic (exact) mass is 342 g/mol. The second kappa shape index (κ2) is 6.59. The number of aromatic nitrogens is 3. The van der Waals surface area contributed by atoms with E-state index in [1.165, 1.54) is 11.3 Å². The molecule has 0 unspecified atom stereocenters. The van der Waals surface area contributed by atoms with Crippen LogP contribution in [0.5, 0.6) is 0 Å². The van der Waals surface area contributed by atoms with Crippen molar-refractivity contribution in [3.63, 3.8) is 0 Å². The number of rotatable bonds is 4. The van der Waals surface area contributed by atoms with Crippen LogP contribution in [0.4, 0.5) is 5.95 Å². The molecule has 0 atom stereocenters. The predicted molar refractivity (Wildman–Crippen MR) is 91.5 cm³/mol. The maximum Gasteiger partial charge on any atom is 0.261 e. The molecule has 3 rings (SSSR count). The van der Waals surface area contributed by atoms with Crippen LogP contribution in [0, 0.1) is 0 Å². The van der Waals surface area contributed by atoms with Gasteiger partial charge in [0.25, 0.3) is 5.91 Å². The van der Waals surface area contributed by atoms with Gasteiger partial charge in [-0.1, -0.05) is 11.2 Å². The van der Waals surface area contributed by atoms with Gasteiger partial charge in [-0.3, -0.25) is 9.78 Å². The maximum absolute atomic E-state index is 12.0. The van der Waals surface area contributed by atoms with E-state index in [0.29, 0.717) is 33.0 Å². The minimum atomic E-state index is -0.203.